The standard InChI is InChI=1S/C54H62O/c1(5-27-43-53(47-31-15-9-16-32-47,48-33-17-10-18-34-48)49-35-19-11-20-36-49)3-7-29-45-55-46-30-8-4-2-6-28-44-54(50-37-21-12-22-38-50,51-39-23-13-24-40-51)52-41-25-14-26-42-52/h9-26,31-42H,1-8,27-30,43-46H2. The summed E-state index contributed by atoms with van der Waals surface area (Å²) in [6, 6.07) is 66.8. The minimum absolute atomic E-state index is 0.128. The van der Waals surface area contributed by atoms with Crippen molar-refractivity contribution in [3.8, 4) is 0 Å². The number of unbranched alkanes of at least 4 members (excludes halogenated alkanes) is 10. The summed E-state index contributed by atoms with van der Waals surface area (Å²) in [6.45, 7) is 1.80. The van der Waals surface area contributed by atoms with Crippen LogP contribution in [0, 0.1) is 0 Å². The Morgan fingerprint density at radius 2 is 0.436 bits per heavy atom. The van der Waals surface area contributed by atoms with Gasteiger partial charge in [0.25, 0.3) is 0 Å². The first-order chi connectivity index (χ1) is 27.3. The van der Waals surface area contributed by atoms with E-state index in [2.05, 4.69) is 182 Å². The normalized spacial score (nSPS) is 11.8. The van der Waals surface area contributed by atoms with Crippen molar-refractivity contribution in [3.05, 3.63) is 215 Å². The molecule has 0 aliphatic heterocycles. The van der Waals surface area contributed by atoms with E-state index in [0.29, 0.717) is 0 Å². The molecule has 0 aliphatic rings. The monoisotopic (exact) mass is 726 g/mol. The molecule has 0 N–H and O–H groups in total. The second-order valence-electron chi connectivity index (χ2n) is 15.4. The Kier molecular flexibility index (Phi) is 16.0. The smallest absolute Gasteiger partial charge is 0.0466 e. The molecule has 6 aromatic rings. The second kappa shape index (κ2) is 22.0. The first-order valence-electron chi connectivity index (χ1n) is 21.2. The van der Waals surface area contributed by atoms with Crippen LogP contribution in [0.3, 0.4) is 0 Å². The van der Waals surface area contributed by atoms with Crippen molar-refractivity contribution in [1.82, 2.24) is 0 Å². The van der Waals surface area contributed by atoms with Gasteiger partial charge in [-0.2, -0.15) is 0 Å². The number of benzene rings is 6. The molecule has 0 saturated carbocycles. The van der Waals surface area contributed by atoms with Gasteiger partial charge in [-0.15, -0.1) is 0 Å². The summed E-state index contributed by atoms with van der Waals surface area (Å²) in [5.41, 5.74) is 8.06. The predicted molar refractivity (Wildman–Crippen MR) is 234 cm³/mol. The average Bonchev–Trinajstić information content (AvgIpc) is 3.27. The van der Waals surface area contributed by atoms with E-state index in [-0.39, 0.29) is 10.8 Å². The second-order valence-corrected chi connectivity index (χ2v) is 15.4. The molecule has 0 spiro atoms. The number of ether oxygens (including phenoxy) is 1. The molecule has 284 valence electrons. The van der Waals surface area contributed by atoms with E-state index in [1.165, 1.54) is 110 Å². The minimum Gasteiger partial charge on any atom is -0.381 e. The van der Waals surface area contributed by atoms with E-state index in [0.717, 1.165) is 26.1 Å². The van der Waals surface area contributed by atoms with Crippen LogP contribution in [-0.4, -0.2) is 13.2 Å². The topological polar surface area (TPSA) is 9.23 Å². The lowest BCUT2D eigenvalue weighted by atomic mass is 9.66. The van der Waals surface area contributed by atoms with Gasteiger partial charge < -0.3 is 4.74 Å². The molecule has 1 heteroatoms. The van der Waals surface area contributed by atoms with Gasteiger partial charge in [0, 0.05) is 24.0 Å². The highest BCUT2D eigenvalue weighted by Gasteiger charge is 2.36. The van der Waals surface area contributed by atoms with E-state index in [1.807, 2.05) is 0 Å². The van der Waals surface area contributed by atoms with Crippen LogP contribution < -0.4 is 0 Å². The van der Waals surface area contributed by atoms with Gasteiger partial charge in [-0.1, -0.05) is 246 Å². The van der Waals surface area contributed by atoms with Gasteiger partial charge in [0.05, 0.1) is 0 Å². The molecule has 0 amide bonds. The fraction of sp³-hybridized carbons (Fsp3) is 0.333. The molecule has 55 heavy (non-hydrogen) atoms. The van der Waals surface area contributed by atoms with Crippen LogP contribution in [0.2, 0.25) is 0 Å². The molecule has 6 aromatic carbocycles. The van der Waals surface area contributed by atoms with Gasteiger partial charge in [0.2, 0.25) is 0 Å². The maximum Gasteiger partial charge on any atom is 0.0466 e. The van der Waals surface area contributed by atoms with E-state index in [9.17, 15) is 0 Å². The van der Waals surface area contributed by atoms with Crippen LogP contribution in [0.25, 0.3) is 0 Å². The molecule has 0 aliphatic carbocycles. The summed E-state index contributed by atoms with van der Waals surface area (Å²) in [6.07, 6.45) is 17.2. The third-order valence-electron chi connectivity index (χ3n) is 11.8. The fourth-order valence-corrected chi connectivity index (χ4v) is 8.91. The van der Waals surface area contributed by atoms with Gasteiger partial charge >= 0.3 is 0 Å². The van der Waals surface area contributed by atoms with Gasteiger partial charge in [-0.05, 0) is 59.1 Å². The van der Waals surface area contributed by atoms with Crippen molar-refractivity contribution in [2.45, 2.75) is 101 Å². The summed E-state index contributed by atoms with van der Waals surface area (Å²) in [7, 11) is 0. The maximum atomic E-state index is 6.07. The lowest BCUT2D eigenvalue weighted by Gasteiger charge is -2.36. The molecule has 0 bridgehead atoms. The van der Waals surface area contributed by atoms with Crippen molar-refractivity contribution >= 4 is 0 Å². The molecular weight excluding hydrogens is 665 g/mol. The van der Waals surface area contributed by atoms with Crippen molar-refractivity contribution in [3.63, 3.8) is 0 Å². The molecule has 0 heterocycles. The zero-order chi connectivity index (χ0) is 37.7. The van der Waals surface area contributed by atoms with E-state index in [4.69, 9.17) is 4.74 Å². The van der Waals surface area contributed by atoms with E-state index in [1.54, 1.807) is 0 Å². The van der Waals surface area contributed by atoms with Crippen molar-refractivity contribution < 1.29 is 4.74 Å². The van der Waals surface area contributed by atoms with Gasteiger partial charge in [0.15, 0.2) is 0 Å². The Bertz CT molecular complexity index is 1520. The molecule has 0 saturated heterocycles. The maximum absolute atomic E-state index is 6.07. The van der Waals surface area contributed by atoms with Gasteiger partial charge in [-0.25, -0.2) is 0 Å². The highest BCUT2D eigenvalue weighted by Crippen LogP contribution is 2.45. The highest BCUT2D eigenvalue weighted by atomic mass is 16.5. The average molecular weight is 727 g/mol. The summed E-state index contributed by atoms with van der Waals surface area (Å²) in [4.78, 5) is 0. The Morgan fingerprint density at radius 3 is 0.673 bits per heavy atom. The van der Waals surface area contributed by atoms with Crippen molar-refractivity contribution in [1.29, 1.82) is 0 Å². The Labute approximate surface area is 332 Å². The zero-order valence-electron chi connectivity index (χ0n) is 33.0. The fourth-order valence-electron chi connectivity index (χ4n) is 8.91. The van der Waals surface area contributed by atoms with Gasteiger partial charge in [0.1, 0.15) is 0 Å². The van der Waals surface area contributed by atoms with E-state index >= 15 is 0 Å². The minimum atomic E-state index is -0.128. The van der Waals surface area contributed by atoms with Crippen LogP contribution in [0.1, 0.15) is 123 Å². The van der Waals surface area contributed by atoms with Gasteiger partial charge in [-0.3, -0.25) is 0 Å². The highest BCUT2D eigenvalue weighted by molar-refractivity contribution is 5.51. The Hall–Kier alpha value is -4.72. The van der Waals surface area contributed by atoms with Crippen molar-refractivity contribution in [2.24, 2.45) is 0 Å². The molecule has 0 radical (unpaired) electrons. The molecule has 0 fully saturated rings. The summed E-state index contributed by atoms with van der Waals surface area (Å²) >= 11 is 0. The first-order valence-corrected chi connectivity index (χ1v) is 21.2. The molecular formula is C54H62O. The van der Waals surface area contributed by atoms with E-state index < -0.39 is 0 Å². The number of rotatable bonds is 24. The largest absolute Gasteiger partial charge is 0.381 e. The molecule has 1 nitrogen and oxygen atoms in total. The lowest BCUT2D eigenvalue weighted by Crippen LogP contribution is -2.29. The number of hydrogen-bond donors (Lipinski definition) is 0. The quantitative estimate of drug-likeness (QED) is 0.0446. The Morgan fingerprint density at radius 1 is 0.236 bits per heavy atom. The van der Waals surface area contributed by atoms with Crippen LogP contribution in [0.5, 0.6) is 0 Å². The molecule has 6 rings (SSSR count). The van der Waals surface area contributed by atoms with Crippen LogP contribution in [0.15, 0.2) is 182 Å². The van der Waals surface area contributed by atoms with Crippen LogP contribution >= 0.6 is 0 Å². The SMILES string of the molecule is c1ccc(C(CCCCCCCCOCCCCCCCCC(c2ccccc2)(c2ccccc2)c2ccccc2)(c2ccccc2)c2ccccc2)cc1. The molecule has 0 atom stereocenters. The zero-order valence-corrected chi connectivity index (χ0v) is 33.0. The number of hydrogen-bond acceptors (Lipinski definition) is 1. The summed E-state index contributed by atoms with van der Waals surface area (Å²) < 4.78 is 6.07. The Balaban J connectivity index is 0.858. The first kappa shape index (κ1) is 40.0. The van der Waals surface area contributed by atoms with Crippen LogP contribution in [0.4, 0.5) is 0 Å². The third kappa shape index (κ3) is 10.7. The predicted octanol–water partition coefficient (Wildman–Crippen LogP) is 14.5. The third-order valence-corrected chi connectivity index (χ3v) is 11.8. The summed E-state index contributed by atoms with van der Waals surface area (Å²) in [5, 5.41) is 0. The lowest BCUT2D eigenvalue weighted by molar-refractivity contribution is 0.125. The van der Waals surface area contributed by atoms with Crippen LogP contribution in [-0.2, 0) is 15.6 Å². The van der Waals surface area contributed by atoms with Crippen molar-refractivity contribution in [2.75, 3.05) is 13.2 Å². The molecule has 0 unspecified atom stereocenters. The molecule has 0 aromatic heterocycles. The summed E-state index contributed by atoms with van der Waals surface area (Å²) in [5.74, 6) is 0.